The average molecular weight is 382 g/mol. The van der Waals surface area contributed by atoms with Gasteiger partial charge in [0.15, 0.2) is 11.3 Å². The molecule has 0 spiro atoms. The first-order chi connectivity index (χ1) is 13.0. The van der Waals surface area contributed by atoms with Gasteiger partial charge in [-0.2, -0.15) is 0 Å². The fourth-order valence-electron chi connectivity index (χ4n) is 2.73. The van der Waals surface area contributed by atoms with E-state index in [1.807, 2.05) is 6.07 Å². The molecule has 0 saturated carbocycles. The van der Waals surface area contributed by atoms with Gasteiger partial charge < -0.3 is 20.1 Å². The number of carboxylic acids is 1. The monoisotopic (exact) mass is 381 g/mol. The van der Waals surface area contributed by atoms with Crippen molar-refractivity contribution in [1.29, 1.82) is 0 Å². The summed E-state index contributed by atoms with van der Waals surface area (Å²) < 4.78 is 5.54. The van der Waals surface area contributed by atoms with E-state index in [1.54, 1.807) is 42.7 Å². The van der Waals surface area contributed by atoms with Gasteiger partial charge in [-0.05, 0) is 30.3 Å². The Hall–Kier alpha value is -3.58. The number of nitrogens with one attached hydrogen (secondary N) is 2. The Bertz CT molecular complexity index is 1150. The van der Waals surface area contributed by atoms with Crippen LogP contribution in [-0.2, 0) is 14.3 Å². The molecule has 0 fully saturated rings. The molecule has 27 heavy (non-hydrogen) atoms. The number of pyridine rings is 1. The van der Waals surface area contributed by atoms with Crippen LogP contribution in [0.5, 0.6) is 0 Å². The number of aromatic nitrogens is 2. The molecule has 1 aliphatic heterocycles. The quantitative estimate of drug-likeness (QED) is 0.471. The molecule has 4 rings (SSSR count). The van der Waals surface area contributed by atoms with Crippen molar-refractivity contribution in [2.45, 2.75) is 0 Å². The Kier molecular flexibility index (Phi) is 4.13. The van der Waals surface area contributed by atoms with Gasteiger partial charge in [0, 0.05) is 23.3 Å². The number of anilines is 1. The van der Waals surface area contributed by atoms with Gasteiger partial charge in [0.05, 0.1) is 10.7 Å². The zero-order valence-electron chi connectivity index (χ0n) is 13.7. The van der Waals surface area contributed by atoms with Crippen LogP contribution in [0, 0.1) is 0 Å². The Morgan fingerprint density at radius 2 is 2.07 bits per heavy atom. The molecule has 0 atom stereocenters. The van der Waals surface area contributed by atoms with Crippen molar-refractivity contribution in [3.8, 4) is 0 Å². The summed E-state index contributed by atoms with van der Waals surface area (Å²) in [4.78, 5) is 31.3. The van der Waals surface area contributed by atoms with Crippen LogP contribution in [0.15, 0.2) is 66.0 Å². The molecule has 1 aliphatic rings. The lowest BCUT2D eigenvalue weighted by Gasteiger charge is -2.09. The minimum Gasteiger partial charge on any atom is -0.477 e. The van der Waals surface area contributed by atoms with E-state index in [9.17, 15) is 14.7 Å². The van der Waals surface area contributed by atoms with Crippen molar-refractivity contribution in [3.63, 3.8) is 0 Å². The normalized spacial score (nSPS) is 15.4. The number of ether oxygens (including phenoxy) is 1. The Morgan fingerprint density at radius 1 is 1.26 bits per heavy atom. The zero-order chi connectivity index (χ0) is 19.0. The minimum absolute atomic E-state index is 0.105. The molecule has 134 valence electrons. The molecule has 0 amide bonds. The first-order valence-electron chi connectivity index (χ1n) is 7.90. The number of Topliss-reactive ketones (excluding diaryl/α,β-unsaturated/α-hetero) is 1. The molecule has 0 radical (unpaired) electrons. The number of benzene rings is 1. The highest BCUT2D eigenvalue weighted by Gasteiger charge is 2.36. The number of ketones is 1. The number of carbonyl (C=O) groups excluding carboxylic acids is 1. The first kappa shape index (κ1) is 16.9. The molecule has 0 aliphatic carbocycles. The van der Waals surface area contributed by atoms with Gasteiger partial charge in [0.1, 0.15) is 5.65 Å². The van der Waals surface area contributed by atoms with E-state index in [0.717, 1.165) is 5.39 Å². The number of carboxylic acid groups (broad SMARTS) is 1. The number of H-pyrrole nitrogens is 1. The van der Waals surface area contributed by atoms with Gasteiger partial charge in [0.25, 0.3) is 0 Å². The van der Waals surface area contributed by atoms with E-state index >= 15 is 0 Å². The summed E-state index contributed by atoms with van der Waals surface area (Å²) >= 11 is 6.08. The topological polar surface area (TPSA) is 104 Å². The van der Waals surface area contributed by atoms with Gasteiger partial charge >= 0.3 is 5.97 Å². The van der Waals surface area contributed by atoms with Gasteiger partial charge in [-0.15, -0.1) is 0 Å². The van der Waals surface area contributed by atoms with Crippen molar-refractivity contribution in [2.24, 2.45) is 0 Å². The second-order valence-electron chi connectivity index (χ2n) is 5.70. The molecule has 3 N–H and O–H groups in total. The third-order valence-electron chi connectivity index (χ3n) is 4.00. The summed E-state index contributed by atoms with van der Waals surface area (Å²) in [6.45, 7) is 0. The summed E-state index contributed by atoms with van der Waals surface area (Å²) in [7, 11) is 0. The Labute approximate surface area is 157 Å². The number of allylic oxidation sites excluding steroid dienone is 1. The van der Waals surface area contributed by atoms with Crippen LogP contribution in [-0.4, -0.2) is 26.8 Å². The third-order valence-corrected chi connectivity index (χ3v) is 4.33. The van der Waals surface area contributed by atoms with Crippen LogP contribution >= 0.6 is 11.6 Å². The highest BCUT2D eigenvalue weighted by Crippen LogP contribution is 2.31. The standard InChI is InChI=1S/C19H12ClN3O4/c20-12-5-1-2-6-13(12)23-18-15(19(25)26)16(24)14(27-18)8-10-9-22-17-11(10)4-3-7-21-17/h1-9,23H,(H,21,22)(H,25,26). The number of nitrogens with zero attached hydrogens (tertiary/aromatic N) is 1. The van der Waals surface area contributed by atoms with E-state index < -0.39 is 17.3 Å². The lowest BCUT2D eigenvalue weighted by molar-refractivity contribution is -0.134. The van der Waals surface area contributed by atoms with Crippen LogP contribution in [0.2, 0.25) is 5.02 Å². The van der Waals surface area contributed by atoms with Crippen LogP contribution < -0.4 is 5.32 Å². The van der Waals surface area contributed by atoms with E-state index in [1.165, 1.54) is 6.08 Å². The number of hydrogen-bond donors (Lipinski definition) is 3. The lowest BCUT2D eigenvalue weighted by atomic mass is 10.1. The lowest BCUT2D eigenvalue weighted by Crippen LogP contribution is -2.12. The van der Waals surface area contributed by atoms with Crippen LogP contribution in [0.1, 0.15) is 5.56 Å². The number of aliphatic carboxylic acids is 1. The molecule has 0 unspecified atom stereocenters. The molecule has 8 heteroatoms. The molecular formula is C19H12ClN3O4. The smallest absolute Gasteiger partial charge is 0.345 e. The molecule has 3 aromatic rings. The maximum absolute atomic E-state index is 12.6. The predicted molar refractivity (Wildman–Crippen MR) is 99.9 cm³/mol. The van der Waals surface area contributed by atoms with E-state index in [0.29, 0.717) is 21.9 Å². The van der Waals surface area contributed by atoms with Crippen molar-refractivity contribution >= 4 is 46.2 Å². The molecule has 0 saturated heterocycles. The molecule has 7 nitrogen and oxygen atoms in total. The molecular weight excluding hydrogens is 370 g/mol. The number of aromatic amines is 1. The summed E-state index contributed by atoms with van der Waals surface area (Å²) in [6.07, 6.45) is 4.79. The maximum Gasteiger partial charge on any atom is 0.345 e. The van der Waals surface area contributed by atoms with E-state index in [-0.39, 0.29) is 11.6 Å². The summed E-state index contributed by atoms with van der Waals surface area (Å²) in [6, 6.07) is 10.3. The fourth-order valence-corrected chi connectivity index (χ4v) is 2.92. The fraction of sp³-hybridized carbons (Fsp3) is 0. The second-order valence-corrected chi connectivity index (χ2v) is 6.10. The molecule has 3 heterocycles. The minimum atomic E-state index is -1.39. The van der Waals surface area contributed by atoms with Gasteiger partial charge in [-0.1, -0.05) is 23.7 Å². The SMILES string of the molecule is O=C(O)C1=C(Nc2ccccc2Cl)OC(=Cc2c[nH]c3ncccc23)C1=O. The second kappa shape index (κ2) is 6.62. The zero-order valence-corrected chi connectivity index (χ0v) is 14.4. The Balaban J connectivity index is 1.71. The number of carbonyl (C=O) groups is 2. The number of fused-ring (bicyclic) bond motifs is 1. The van der Waals surface area contributed by atoms with E-state index in [4.69, 9.17) is 16.3 Å². The maximum atomic E-state index is 12.6. The summed E-state index contributed by atoms with van der Waals surface area (Å²) in [5.74, 6) is -2.40. The predicted octanol–water partition coefficient (Wildman–Crippen LogP) is 3.56. The van der Waals surface area contributed by atoms with Crippen molar-refractivity contribution < 1.29 is 19.4 Å². The number of para-hydroxylation sites is 1. The van der Waals surface area contributed by atoms with Crippen molar-refractivity contribution in [3.05, 3.63) is 76.6 Å². The van der Waals surface area contributed by atoms with Gasteiger partial charge in [-0.3, -0.25) is 4.79 Å². The Morgan fingerprint density at radius 3 is 2.85 bits per heavy atom. The van der Waals surface area contributed by atoms with E-state index in [2.05, 4.69) is 15.3 Å². The molecule has 0 bridgehead atoms. The highest BCUT2D eigenvalue weighted by molar-refractivity contribution is 6.33. The average Bonchev–Trinajstić information content (AvgIpc) is 3.19. The summed E-state index contributed by atoms with van der Waals surface area (Å²) in [5, 5.41) is 13.4. The van der Waals surface area contributed by atoms with Crippen molar-refractivity contribution in [2.75, 3.05) is 5.32 Å². The molecule has 1 aromatic carbocycles. The number of rotatable bonds is 4. The largest absolute Gasteiger partial charge is 0.477 e. The third kappa shape index (κ3) is 3.04. The van der Waals surface area contributed by atoms with Crippen LogP contribution in [0.4, 0.5) is 5.69 Å². The summed E-state index contributed by atoms with van der Waals surface area (Å²) in [5.41, 5.74) is 1.25. The van der Waals surface area contributed by atoms with Gasteiger partial charge in [0.2, 0.25) is 11.7 Å². The van der Waals surface area contributed by atoms with Crippen LogP contribution in [0.3, 0.4) is 0 Å². The van der Waals surface area contributed by atoms with Gasteiger partial charge in [-0.25, -0.2) is 9.78 Å². The number of hydrogen-bond acceptors (Lipinski definition) is 5. The number of halogens is 1. The first-order valence-corrected chi connectivity index (χ1v) is 8.28. The van der Waals surface area contributed by atoms with Crippen LogP contribution in [0.25, 0.3) is 17.1 Å². The highest BCUT2D eigenvalue weighted by atomic mass is 35.5. The van der Waals surface area contributed by atoms with Crippen molar-refractivity contribution in [1.82, 2.24) is 9.97 Å². The molecule has 2 aromatic heterocycles.